The Morgan fingerprint density at radius 2 is 1.93 bits per heavy atom. The maximum Gasteiger partial charge on any atom is 0.219 e. The maximum atomic E-state index is 13.4. The number of carbonyl (C=O) groups excluding carboxylic acids is 1. The molecule has 1 aromatic carbocycles. The summed E-state index contributed by atoms with van der Waals surface area (Å²) in [5.41, 5.74) is 11.4. The van der Waals surface area contributed by atoms with Crippen molar-refractivity contribution in [3.8, 4) is 0 Å². The third-order valence-corrected chi connectivity index (χ3v) is 5.24. The standard InChI is InChI=1S/C22H23FN4O/c1-14(28)27-11-10-26-20(13-27)21(22(24)16-4-6-18(23)7-5-16)17-8-9-25-19(12-17)15-2-3-15/h4-9,12,15H,2-3,10-11,13,24H2,1H3. The minimum Gasteiger partial charge on any atom is -0.398 e. The zero-order chi connectivity index (χ0) is 19.7. The number of aromatic nitrogens is 1. The highest BCUT2D eigenvalue weighted by atomic mass is 19.1. The van der Waals surface area contributed by atoms with Gasteiger partial charge in [-0.1, -0.05) is 0 Å². The zero-order valence-corrected chi connectivity index (χ0v) is 15.9. The maximum absolute atomic E-state index is 13.4. The van der Waals surface area contributed by atoms with Crippen LogP contribution in [0, 0.1) is 5.82 Å². The monoisotopic (exact) mass is 378 g/mol. The molecule has 6 heteroatoms. The molecule has 1 aliphatic carbocycles. The van der Waals surface area contributed by atoms with Gasteiger partial charge in [-0.3, -0.25) is 14.8 Å². The molecule has 1 aliphatic heterocycles. The molecular formula is C22H23FN4O. The molecule has 2 aromatic rings. The summed E-state index contributed by atoms with van der Waals surface area (Å²) in [7, 11) is 0. The first-order chi connectivity index (χ1) is 13.5. The van der Waals surface area contributed by atoms with E-state index in [2.05, 4.69) is 16.0 Å². The van der Waals surface area contributed by atoms with E-state index in [1.165, 1.54) is 12.1 Å². The van der Waals surface area contributed by atoms with Crippen LogP contribution in [0.4, 0.5) is 4.39 Å². The summed E-state index contributed by atoms with van der Waals surface area (Å²) in [5, 5.41) is 0. The minimum absolute atomic E-state index is 0.0144. The Morgan fingerprint density at radius 3 is 2.61 bits per heavy atom. The summed E-state index contributed by atoms with van der Waals surface area (Å²) in [6, 6.07) is 10.1. The molecule has 2 heterocycles. The summed E-state index contributed by atoms with van der Waals surface area (Å²) >= 11 is 0. The van der Waals surface area contributed by atoms with E-state index in [1.54, 1.807) is 30.2 Å². The van der Waals surface area contributed by atoms with Crippen molar-refractivity contribution in [3.05, 3.63) is 65.2 Å². The molecule has 2 aliphatic rings. The number of nitrogens with two attached hydrogens (primary N) is 1. The van der Waals surface area contributed by atoms with Crippen molar-refractivity contribution in [2.24, 2.45) is 10.7 Å². The lowest BCUT2D eigenvalue weighted by Gasteiger charge is -2.27. The molecule has 2 N–H and O–H groups in total. The summed E-state index contributed by atoms with van der Waals surface area (Å²) in [4.78, 5) is 22.9. The molecule has 4 rings (SSSR count). The minimum atomic E-state index is -0.309. The van der Waals surface area contributed by atoms with E-state index in [0.29, 0.717) is 31.2 Å². The number of carbonyl (C=O) groups is 1. The van der Waals surface area contributed by atoms with Crippen molar-refractivity contribution >= 4 is 22.9 Å². The molecule has 1 aromatic heterocycles. The van der Waals surface area contributed by atoms with Crippen molar-refractivity contribution in [2.45, 2.75) is 25.7 Å². The van der Waals surface area contributed by atoms with Crippen LogP contribution in [0.1, 0.15) is 42.5 Å². The van der Waals surface area contributed by atoms with Gasteiger partial charge in [-0.15, -0.1) is 0 Å². The normalized spacial score (nSPS) is 17.8. The van der Waals surface area contributed by atoms with E-state index < -0.39 is 0 Å². The number of pyridine rings is 1. The number of rotatable bonds is 4. The van der Waals surface area contributed by atoms with Gasteiger partial charge in [0.2, 0.25) is 5.91 Å². The summed E-state index contributed by atoms with van der Waals surface area (Å²) in [6.45, 7) is 3.11. The van der Waals surface area contributed by atoms with E-state index in [1.807, 2.05) is 6.07 Å². The number of halogens is 1. The van der Waals surface area contributed by atoms with Crippen LogP contribution in [-0.4, -0.2) is 41.1 Å². The molecule has 5 nitrogen and oxygen atoms in total. The molecule has 0 bridgehead atoms. The smallest absolute Gasteiger partial charge is 0.219 e. The second-order valence-corrected chi connectivity index (χ2v) is 7.31. The highest BCUT2D eigenvalue weighted by Crippen LogP contribution is 2.40. The fourth-order valence-electron chi connectivity index (χ4n) is 3.50. The first-order valence-corrected chi connectivity index (χ1v) is 9.54. The van der Waals surface area contributed by atoms with Gasteiger partial charge < -0.3 is 10.6 Å². The average Bonchev–Trinajstić information content (AvgIpc) is 3.54. The van der Waals surface area contributed by atoms with Gasteiger partial charge in [0.05, 0.1) is 18.8 Å². The predicted molar refractivity (Wildman–Crippen MR) is 108 cm³/mol. The zero-order valence-electron chi connectivity index (χ0n) is 15.9. The van der Waals surface area contributed by atoms with Gasteiger partial charge in [-0.2, -0.15) is 0 Å². The van der Waals surface area contributed by atoms with Crippen molar-refractivity contribution in [1.29, 1.82) is 0 Å². The van der Waals surface area contributed by atoms with Gasteiger partial charge in [0.15, 0.2) is 0 Å². The Bertz CT molecular complexity index is 961. The van der Waals surface area contributed by atoms with E-state index in [-0.39, 0.29) is 11.7 Å². The highest BCUT2D eigenvalue weighted by Gasteiger charge is 2.27. The summed E-state index contributed by atoms with van der Waals surface area (Å²) in [5.74, 6) is 0.214. The number of amides is 1. The predicted octanol–water partition coefficient (Wildman–Crippen LogP) is 3.23. The van der Waals surface area contributed by atoms with E-state index in [4.69, 9.17) is 5.73 Å². The van der Waals surface area contributed by atoms with Gasteiger partial charge in [0, 0.05) is 42.5 Å². The van der Waals surface area contributed by atoms with Crippen LogP contribution in [0.25, 0.3) is 11.3 Å². The van der Waals surface area contributed by atoms with Crippen molar-refractivity contribution in [1.82, 2.24) is 9.88 Å². The van der Waals surface area contributed by atoms with Crippen LogP contribution in [0.15, 0.2) is 47.6 Å². The number of benzene rings is 1. The first-order valence-electron chi connectivity index (χ1n) is 9.54. The highest BCUT2D eigenvalue weighted by molar-refractivity contribution is 6.31. The van der Waals surface area contributed by atoms with E-state index in [9.17, 15) is 9.18 Å². The van der Waals surface area contributed by atoms with Crippen LogP contribution in [-0.2, 0) is 4.79 Å². The molecule has 0 saturated heterocycles. The van der Waals surface area contributed by atoms with Gasteiger partial charge >= 0.3 is 0 Å². The van der Waals surface area contributed by atoms with Crippen LogP contribution in [0.2, 0.25) is 0 Å². The molecule has 0 spiro atoms. The first kappa shape index (κ1) is 18.3. The SMILES string of the molecule is CC(=O)N1CCN=C(C(=C(N)c2ccc(F)cc2)c2ccnc(C3CC3)c2)C1. The quantitative estimate of drug-likeness (QED) is 0.888. The topological polar surface area (TPSA) is 71.6 Å². The molecule has 1 saturated carbocycles. The average molecular weight is 378 g/mol. The van der Waals surface area contributed by atoms with Gasteiger partial charge in [-0.05, 0) is 60.4 Å². The Kier molecular flexibility index (Phi) is 4.94. The van der Waals surface area contributed by atoms with Crippen LogP contribution in [0.3, 0.4) is 0 Å². The number of nitrogens with zero attached hydrogens (tertiary/aromatic N) is 3. The van der Waals surface area contributed by atoms with Gasteiger partial charge in [-0.25, -0.2) is 4.39 Å². The largest absolute Gasteiger partial charge is 0.398 e. The molecule has 28 heavy (non-hydrogen) atoms. The lowest BCUT2D eigenvalue weighted by Crippen LogP contribution is -2.40. The third-order valence-electron chi connectivity index (χ3n) is 5.24. The van der Waals surface area contributed by atoms with Gasteiger partial charge in [0.25, 0.3) is 0 Å². The Morgan fingerprint density at radius 1 is 1.18 bits per heavy atom. The second-order valence-electron chi connectivity index (χ2n) is 7.31. The molecule has 144 valence electrons. The Balaban J connectivity index is 1.82. The Hall–Kier alpha value is -3.02. The second kappa shape index (κ2) is 7.54. The van der Waals surface area contributed by atoms with Crippen LogP contribution < -0.4 is 5.73 Å². The van der Waals surface area contributed by atoms with Crippen molar-refractivity contribution in [3.63, 3.8) is 0 Å². The molecule has 0 radical (unpaired) electrons. The van der Waals surface area contributed by atoms with Gasteiger partial charge in [0.1, 0.15) is 5.82 Å². The third kappa shape index (κ3) is 3.81. The van der Waals surface area contributed by atoms with Crippen LogP contribution >= 0.6 is 0 Å². The lowest BCUT2D eigenvalue weighted by molar-refractivity contribution is -0.128. The fourth-order valence-corrected chi connectivity index (χ4v) is 3.50. The summed E-state index contributed by atoms with van der Waals surface area (Å²) in [6.07, 6.45) is 4.11. The Labute approximate surface area is 163 Å². The molecule has 1 fully saturated rings. The van der Waals surface area contributed by atoms with E-state index >= 15 is 0 Å². The molecule has 0 unspecified atom stereocenters. The van der Waals surface area contributed by atoms with Crippen molar-refractivity contribution < 1.29 is 9.18 Å². The molecule has 0 atom stereocenters. The lowest BCUT2D eigenvalue weighted by atomic mass is 9.94. The van der Waals surface area contributed by atoms with Crippen molar-refractivity contribution in [2.75, 3.05) is 19.6 Å². The molecule has 1 amide bonds. The number of hydrogen-bond acceptors (Lipinski definition) is 4. The molecular weight excluding hydrogens is 355 g/mol. The van der Waals surface area contributed by atoms with E-state index in [0.717, 1.165) is 40.9 Å². The fraction of sp³-hybridized carbons (Fsp3) is 0.318. The number of aliphatic imine (C=N–C) groups is 1. The number of hydrogen-bond donors (Lipinski definition) is 1. The summed E-state index contributed by atoms with van der Waals surface area (Å²) < 4.78 is 13.4. The van der Waals surface area contributed by atoms with Crippen LogP contribution in [0.5, 0.6) is 0 Å².